The molecule has 0 fully saturated rings. The molecule has 0 amide bonds. The summed E-state index contributed by atoms with van der Waals surface area (Å²) in [4.78, 5) is 20.1. The fourth-order valence-electron chi connectivity index (χ4n) is 3.19. The van der Waals surface area contributed by atoms with E-state index in [0.29, 0.717) is 18.5 Å². The molecule has 0 aliphatic heterocycles. The topological polar surface area (TPSA) is 53.3 Å². The third-order valence-corrected chi connectivity index (χ3v) is 5.42. The van der Waals surface area contributed by atoms with Crippen molar-refractivity contribution in [3.8, 4) is 16.9 Å². The molecule has 0 spiro atoms. The van der Waals surface area contributed by atoms with Crippen molar-refractivity contribution < 1.29 is 9.47 Å². The third-order valence-electron chi connectivity index (χ3n) is 4.42. The lowest BCUT2D eigenvalue weighted by Gasteiger charge is -2.12. The van der Waals surface area contributed by atoms with Crippen LogP contribution in [0.25, 0.3) is 21.3 Å². The lowest BCUT2D eigenvalue weighted by molar-refractivity contribution is 0.185. The Morgan fingerprint density at radius 2 is 2.08 bits per heavy atom. The monoisotopic (exact) mass is 372 g/mol. The van der Waals surface area contributed by atoms with E-state index in [1.165, 1.54) is 0 Å². The number of aryl methyl sites for hydroxylation is 2. The summed E-state index contributed by atoms with van der Waals surface area (Å²) in [5, 5.41) is 0.691. The number of fused-ring (bicyclic) bond motifs is 1. The Morgan fingerprint density at radius 1 is 1.27 bits per heavy atom. The van der Waals surface area contributed by atoms with Crippen LogP contribution in [0, 0.1) is 6.92 Å². The first-order valence-electron chi connectivity index (χ1n) is 8.76. The first-order valence-corrected chi connectivity index (χ1v) is 9.58. The molecule has 5 nitrogen and oxygen atoms in total. The molecule has 0 bridgehead atoms. The van der Waals surface area contributed by atoms with E-state index >= 15 is 0 Å². The molecule has 0 aliphatic rings. The summed E-state index contributed by atoms with van der Waals surface area (Å²) >= 11 is 1.58. The van der Waals surface area contributed by atoms with Crippen molar-refractivity contribution in [2.24, 2.45) is 0 Å². The second-order valence-electron chi connectivity index (χ2n) is 6.17. The number of hydrogen-bond donors (Lipinski definition) is 0. The van der Waals surface area contributed by atoms with Gasteiger partial charge in [-0.15, -0.1) is 11.3 Å². The van der Waals surface area contributed by atoms with Crippen LogP contribution in [0.5, 0.6) is 5.75 Å². The van der Waals surface area contributed by atoms with E-state index < -0.39 is 0 Å². The highest BCUT2D eigenvalue weighted by Gasteiger charge is 2.19. The van der Waals surface area contributed by atoms with Gasteiger partial charge in [-0.1, -0.05) is 19.1 Å². The number of nitrogens with zero attached hydrogens (tertiary/aromatic N) is 2. The van der Waals surface area contributed by atoms with Gasteiger partial charge in [0.15, 0.2) is 0 Å². The van der Waals surface area contributed by atoms with Gasteiger partial charge in [-0.05, 0) is 31.0 Å². The lowest BCUT2D eigenvalue weighted by atomic mass is 10.0. The molecule has 0 saturated carbocycles. The highest BCUT2D eigenvalue weighted by atomic mass is 32.1. The molecule has 0 unspecified atom stereocenters. The summed E-state index contributed by atoms with van der Waals surface area (Å²) in [5.41, 5.74) is 1.95. The zero-order chi connectivity index (χ0) is 18.7. The fraction of sp³-hybridized carbons (Fsp3) is 0.400. The number of rotatable bonds is 7. The van der Waals surface area contributed by atoms with Gasteiger partial charge in [0.1, 0.15) is 16.4 Å². The molecule has 0 atom stereocenters. The van der Waals surface area contributed by atoms with E-state index in [1.807, 2.05) is 31.2 Å². The molecule has 3 rings (SSSR count). The number of thiophene rings is 1. The Balaban J connectivity index is 2.27. The van der Waals surface area contributed by atoms with E-state index in [0.717, 1.165) is 45.3 Å². The first kappa shape index (κ1) is 18.6. The maximum Gasteiger partial charge on any atom is 0.262 e. The Kier molecular flexibility index (Phi) is 5.74. The summed E-state index contributed by atoms with van der Waals surface area (Å²) in [7, 11) is 3.29. The second-order valence-corrected chi connectivity index (χ2v) is 7.38. The molecule has 0 aliphatic carbocycles. The summed E-state index contributed by atoms with van der Waals surface area (Å²) in [5.74, 6) is 1.61. The molecule has 2 aromatic heterocycles. The zero-order valence-electron chi connectivity index (χ0n) is 15.7. The molecule has 2 heterocycles. The first-order chi connectivity index (χ1) is 12.6. The number of methoxy groups -OCH3 is 2. The van der Waals surface area contributed by atoms with Crippen LogP contribution in [0.2, 0.25) is 0 Å². The van der Waals surface area contributed by atoms with Crippen molar-refractivity contribution in [1.82, 2.24) is 9.55 Å². The van der Waals surface area contributed by atoms with Crippen molar-refractivity contribution in [3.63, 3.8) is 0 Å². The van der Waals surface area contributed by atoms with Crippen molar-refractivity contribution in [1.29, 1.82) is 0 Å². The van der Waals surface area contributed by atoms with Crippen molar-refractivity contribution in [2.45, 2.75) is 33.2 Å². The van der Waals surface area contributed by atoms with Gasteiger partial charge in [0, 0.05) is 24.0 Å². The highest BCUT2D eigenvalue weighted by Crippen LogP contribution is 2.37. The molecule has 26 heavy (non-hydrogen) atoms. The predicted octanol–water partition coefficient (Wildman–Crippen LogP) is 4.04. The summed E-state index contributed by atoms with van der Waals surface area (Å²) < 4.78 is 12.3. The van der Waals surface area contributed by atoms with E-state index in [1.54, 1.807) is 30.1 Å². The number of hydrogen-bond acceptors (Lipinski definition) is 5. The number of benzene rings is 1. The SMILES string of the molecule is CCCc1nc2sc(C)c(-c3cccc(OC)c3)c2c(=O)n1CCOC. The van der Waals surface area contributed by atoms with Gasteiger partial charge in [0.05, 0.1) is 25.6 Å². The molecule has 1 aromatic carbocycles. The van der Waals surface area contributed by atoms with Crippen molar-refractivity contribution in [3.05, 3.63) is 45.3 Å². The minimum Gasteiger partial charge on any atom is -0.497 e. The van der Waals surface area contributed by atoms with Gasteiger partial charge in [-0.2, -0.15) is 0 Å². The standard InChI is InChI=1S/C20H24N2O3S/c1-5-7-16-21-19-18(20(23)22(16)10-11-24-3)17(13(2)26-19)14-8-6-9-15(12-14)25-4/h6,8-9,12H,5,7,10-11H2,1-4H3. The van der Waals surface area contributed by atoms with Crippen LogP contribution in [-0.4, -0.2) is 30.4 Å². The van der Waals surface area contributed by atoms with Gasteiger partial charge in [0.2, 0.25) is 0 Å². The smallest absolute Gasteiger partial charge is 0.262 e. The van der Waals surface area contributed by atoms with E-state index in [9.17, 15) is 4.79 Å². The molecule has 0 N–H and O–H groups in total. The molecule has 0 saturated heterocycles. The van der Waals surface area contributed by atoms with Gasteiger partial charge in [-0.3, -0.25) is 9.36 Å². The van der Waals surface area contributed by atoms with Gasteiger partial charge in [0.25, 0.3) is 5.56 Å². The minimum absolute atomic E-state index is 0.0117. The van der Waals surface area contributed by atoms with E-state index in [4.69, 9.17) is 14.5 Å². The Hall–Kier alpha value is -2.18. The van der Waals surface area contributed by atoms with Gasteiger partial charge in [-0.25, -0.2) is 4.98 Å². The Morgan fingerprint density at radius 3 is 2.77 bits per heavy atom. The summed E-state index contributed by atoms with van der Waals surface area (Å²) in [6.45, 7) is 5.14. The largest absolute Gasteiger partial charge is 0.497 e. The van der Waals surface area contributed by atoms with Crippen LogP contribution in [0.15, 0.2) is 29.1 Å². The Bertz CT molecular complexity index is 975. The maximum absolute atomic E-state index is 13.3. The van der Waals surface area contributed by atoms with Crippen molar-refractivity contribution >= 4 is 21.6 Å². The van der Waals surface area contributed by atoms with Crippen LogP contribution in [0.1, 0.15) is 24.0 Å². The van der Waals surface area contributed by atoms with Crippen LogP contribution < -0.4 is 10.3 Å². The average Bonchev–Trinajstić information content (AvgIpc) is 2.98. The average molecular weight is 372 g/mol. The Labute approximate surface area is 157 Å². The third kappa shape index (κ3) is 3.39. The minimum atomic E-state index is 0.0117. The highest BCUT2D eigenvalue weighted by molar-refractivity contribution is 7.19. The molecule has 0 radical (unpaired) electrons. The fourth-order valence-corrected chi connectivity index (χ4v) is 4.25. The molecule has 138 valence electrons. The van der Waals surface area contributed by atoms with Crippen LogP contribution in [0.4, 0.5) is 0 Å². The maximum atomic E-state index is 13.3. The molecule has 6 heteroatoms. The molecular weight excluding hydrogens is 348 g/mol. The van der Waals surface area contributed by atoms with E-state index in [-0.39, 0.29) is 5.56 Å². The van der Waals surface area contributed by atoms with Gasteiger partial charge >= 0.3 is 0 Å². The predicted molar refractivity (Wildman–Crippen MR) is 106 cm³/mol. The second kappa shape index (κ2) is 8.01. The van der Waals surface area contributed by atoms with Crippen LogP contribution in [0.3, 0.4) is 0 Å². The number of ether oxygens (including phenoxy) is 2. The summed E-state index contributed by atoms with van der Waals surface area (Å²) in [6.07, 6.45) is 1.72. The van der Waals surface area contributed by atoms with Crippen LogP contribution in [-0.2, 0) is 17.7 Å². The molecule has 3 aromatic rings. The normalized spacial score (nSPS) is 11.2. The quantitative estimate of drug-likeness (QED) is 0.628. The lowest BCUT2D eigenvalue weighted by Crippen LogP contribution is -2.27. The van der Waals surface area contributed by atoms with E-state index in [2.05, 4.69) is 6.92 Å². The van der Waals surface area contributed by atoms with Gasteiger partial charge < -0.3 is 9.47 Å². The van der Waals surface area contributed by atoms with Crippen LogP contribution >= 0.6 is 11.3 Å². The number of aromatic nitrogens is 2. The zero-order valence-corrected chi connectivity index (χ0v) is 16.5. The molecular formula is C20H24N2O3S. The van der Waals surface area contributed by atoms with Crippen molar-refractivity contribution in [2.75, 3.05) is 20.8 Å². The summed E-state index contributed by atoms with van der Waals surface area (Å²) in [6, 6.07) is 7.82.